The lowest BCUT2D eigenvalue weighted by Gasteiger charge is -2.23. The molecule has 0 bridgehead atoms. The van der Waals surface area contributed by atoms with Crippen LogP contribution < -0.4 is 10.1 Å². The average Bonchev–Trinajstić information content (AvgIpc) is 3.09. The maximum atomic E-state index is 12.6. The van der Waals surface area contributed by atoms with Gasteiger partial charge in [-0.3, -0.25) is 9.69 Å². The van der Waals surface area contributed by atoms with E-state index in [2.05, 4.69) is 5.32 Å². The molecule has 27 heavy (non-hydrogen) atoms. The van der Waals surface area contributed by atoms with Crippen molar-refractivity contribution in [3.05, 3.63) is 60.2 Å². The van der Waals surface area contributed by atoms with Crippen molar-refractivity contribution in [2.45, 2.75) is 25.2 Å². The van der Waals surface area contributed by atoms with E-state index < -0.39 is 18.2 Å². The highest BCUT2D eigenvalue weighted by Gasteiger charge is 2.39. The molecule has 1 heterocycles. The van der Waals surface area contributed by atoms with Gasteiger partial charge >= 0.3 is 6.09 Å². The summed E-state index contributed by atoms with van der Waals surface area (Å²) in [5, 5.41) is 12.7. The molecule has 2 amide bonds. The molecular formula is C20H22N2O5. The minimum Gasteiger partial charge on any atom is -0.497 e. The second-order valence-corrected chi connectivity index (χ2v) is 6.32. The number of likely N-dealkylation sites (tertiary alicyclic amines) is 1. The van der Waals surface area contributed by atoms with Crippen LogP contribution in [-0.2, 0) is 16.1 Å². The molecule has 0 spiro atoms. The van der Waals surface area contributed by atoms with E-state index in [1.807, 2.05) is 30.3 Å². The molecule has 0 unspecified atom stereocenters. The molecule has 2 N–H and O–H groups in total. The van der Waals surface area contributed by atoms with Crippen molar-refractivity contribution in [2.24, 2.45) is 0 Å². The molecule has 0 aromatic heterocycles. The number of hydrogen-bond donors (Lipinski definition) is 2. The van der Waals surface area contributed by atoms with Crippen LogP contribution in [0.2, 0.25) is 0 Å². The van der Waals surface area contributed by atoms with Gasteiger partial charge in [-0.05, 0) is 29.8 Å². The quantitative estimate of drug-likeness (QED) is 0.844. The van der Waals surface area contributed by atoms with E-state index >= 15 is 0 Å². The normalized spacial score (nSPS) is 18.8. The molecule has 2 aromatic rings. The molecule has 1 aliphatic rings. The van der Waals surface area contributed by atoms with Crippen molar-refractivity contribution in [2.75, 3.05) is 19.0 Å². The minimum atomic E-state index is -0.787. The summed E-state index contributed by atoms with van der Waals surface area (Å²) in [4.78, 5) is 26.3. The number of nitrogens with zero attached hydrogens (tertiary/aromatic N) is 1. The van der Waals surface area contributed by atoms with Crippen LogP contribution in [0, 0.1) is 0 Å². The lowest BCUT2D eigenvalue weighted by molar-refractivity contribution is -0.120. The summed E-state index contributed by atoms with van der Waals surface area (Å²) >= 11 is 0. The van der Waals surface area contributed by atoms with Crippen LogP contribution in [0.25, 0.3) is 0 Å². The van der Waals surface area contributed by atoms with Gasteiger partial charge in [0, 0.05) is 12.1 Å². The molecule has 1 saturated heterocycles. The van der Waals surface area contributed by atoms with Gasteiger partial charge in [0.25, 0.3) is 0 Å². The first-order valence-corrected chi connectivity index (χ1v) is 8.67. The Kier molecular flexibility index (Phi) is 5.93. The van der Waals surface area contributed by atoms with Crippen molar-refractivity contribution >= 4 is 17.7 Å². The molecule has 0 radical (unpaired) electrons. The predicted molar refractivity (Wildman–Crippen MR) is 99.4 cm³/mol. The number of benzene rings is 2. The fourth-order valence-corrected chi connectivity index (χ4v) is 2.97. The number of carbonyl (C=O) groups excluding carboxylic acids is 2. The largest absolute Gasteiger partial charge is 0.497 e. The third kappa shape index (κ3) is 4.77. The van der Waals surface area contributed by atoms with Gasteiger partial charge in [0.05, 0.1) is 19.8 Å². The Hall–Kier alpha value is -3.06. The average molecular weight is 370 g/mol. The van der Waals surface area contributed by atoms with Gasteiger partial charge in [-0.25, -0.2) is 4.79 Å². The fraction of sp³-hybridized carbons (Fsp3) is 0.300. The van der Waals surface area contributed by atoms with E-state index in [1.54, 1.807) is 31.4 Å². The first kappa shape index (κ1) is 18.7. The Bertz CT molecular complexity index is 779. The summed E-state index contributed by atoms with van der Waals surface area (Å²) < 4.78 is 10.4. The molecule has 2 atom stereocenters. The van der Waals surface area contributed by atoms with Gasteiger partial charge in [-0.15, -0.1) is 0 Å². The number of aliphatic hydroxyl groups is 1. The number of ether oxygens (including phenoxy) is 2. The second kappa shape index (κ2) is 8.55. The molecule has 142 valence electrons. The number of aliphatic hydroxyl groups excluding tert-OH is 1. The van der Waals surface area contributed by atoms with Crippen LogP contribution in [0.4, 0.5) is 10.5 Å². The van der Waals surface area contributed by atoms with Crippen LogP contribution in [0.5, 0.6) is 5.75 Å². The van der Waals surface area contributed by atoms with Crippen LogP contribution in [0.3, 0.4) is 0 Å². The number of hydrogen-bond acceptors (Lipinski definition) is 5. The first-order chi connectivity index (χ1) is 13.1. The monoisotopic (exact) mass is 370 g/mol. The first-order valence-electron chi connectivity index (χ1n) is 8.67. The van der Waals surface area contributed by atoms with Gasteiger partial charge in [0.2, 0.25) is 5.91 Å². The highest BCUT2D eigenvalue weighted by Crippen LogP contribution is 2.22. The van der Waals surface area contributed by atoms with E-state index in [4.69, 9.17) is 9.47 Å². The predicted octanol–water partition coefficient (Wildman–Crippen LogP) is 2.41. The molecular weight excluding hydrogens is 348 g/mol. The molecule has 0 aliphatic carbocycles. The van der Waals surface area contributed by atoms with Gasteiger partial charge < -0.3 is 19.9 Å². The standard InChI is InChI=1S/C20H22N2O5/c1-26-17-9-7-15(8-10-17)21-19(24)18-11-16(23)12-22(18)20(25)27-13-14-5-3-2-4-6-14/h2-10,16,18,23H,11-13H2,1H3,(H,21,24)/t16-,18+/m1/s1. The molecule has 0 saturated carbocycles. The highest BCUT2D eigenvalue weighted by molar-refractivity contribution is 5.97. The fourth-order valence-electron chi connectivity index (χ4n) is 2.97. The van der Waals surface area contributed by atoms with Gasteiger partial charge in [-0.2, -0.15) is 0 Å². The number of nitrogens with one attached hydrogen (secondary N) is 1. The Morgan fingerprint density at radius 3 is 2.52 bits per heavy atom. The molecule has 7 heteroatoms. The summed E-state index contributed by atoms with van der Waals surface area (Å²) in [6.45, 7) is 0.174. The van der Waals surface area contributed by atoms with E-state index in [0.717, 1.165) is 5.56 Å². The maximum Gasteiger partial charge on any atom is 0.410 e. The summed E-state index contributed by atoms with van der Waals surface area (Å²) in [5.74, 6) is 0.309. The molecule has 2 aromatic carbocycles. The van der Waals surface area contributed by atoms with Crippen LogP contribution in [-0.4, -0.2) is 47.8 Å². The SMILES string of the molecule is COc1ccc(NC(=O)[C@@H]2C[C@@H](O)CN2C(=O)OCc2ccccc2)cc1. The summed E-state index contributed by atoms with van der Waals surface area (Å²) in [6.07, 6.45) is -1.21. The van der Waals surface area contributed by atoms with Gasteiger partial charge in [0.1, 0.15) is 18.4 Å². The maximum absolute atomic E-state index is 12.6. The number of amides is 2. The zero-order valence-electron chi connectivity index (χ0n) is 15.0. The number of methoxy groups -OCH3 is 1. The number of β-amino-alcohol motifs (C(OH)–C–C–N with tert-alkyl or cyclic N) is 1. The topological polar surface area (TPSA) is 88.1 Å². The molecule has 3 rings (SSSR count). The third-order valence-electron chi connectivity index (χ3n) is 4.38. The summed E-state index contributed by atoms with van der Waals surface area (Å²) in [5.41, 5.74) is 1.43. The summed E-state index contributed by atoms with van der Waals surface area (Å²) in [6, 6.07) is 15.4. The third-order valence-corrected chi connectivity index (χ3v) is 4.38. The van der Waals surface area contributed by atoms with Crippen molar-refractivity contribution in [3.8, 4) is 5.75 Å². The van der Waals surface area contributed by atoms with Crippen molar-refractivity contribution in [3.63, 3.8) is 0 Å². The zero-order chi connectivity index (χ0) is 19.2. The van der Waals surface area contributed by atoms with Crippen LogP contribution in [0.1, 0.15) is 12.0 Å². The lowest BCUT2D eigenvalue weighted by atomic mass is 10.2. The van der Waals surface area contributed by atoms with Gasteiger partial charge in [-0.1, -0.05) is 30.3 Å². The second-order valence-electron chi connectivity index (χ2n) is 6.32. The van der Waals surface area contributed by atoms with Crippen molar-refractivity contribution in [1.29, 1.82) is 0 Å². The molecule has 1 fully saturated rings. The Morgan fingerprint density at radius 1 is 1.15 bits per heavy atom. The van der Waals surface area contributed by atoms with Crippen LogP contribution in [0.15, 0.2) is 54.6 Å². The number of anilines is 1. The van der Waals surface area contributed by atoms with E-state index in [1.165, 1.54) is 4.90 Å². The Morgan fingerprint density at radius 2 is 1.85 bits per heavy atom. The van der Waals surface area contributed by atoms with Crippen molar-refractivity contribution in [1.82, 2.24) is 4.90 Å². The zero-order valence-corrected chi connectivity index (χ0v) is 15.0. The summed E-state index contributed by atoms with van der Waals surface area (Å²) in [7, 11) is 1.56. The van der Waals surface area contributed by atoms with Crippen molar-refractivity contribution < 1.29 is 24.2 Å². The highest BCUT2D eigenvalue weighted by atomic mass is 16.6. The number of carbonyl (C=O) groups is 2. The molecule has 7 nitrogen and oxygen atoms in total. The smallest absolute Gasteiger partial charge is 0.410 e. The molecule has 1 aliphatic heterocycles. The van der Waals surface area contributed by atoms with Crippen LogP contribution >= 0.6 is 0 Å². The van der Waals surface area contributed by atoms with Gasteiger partial charge in [0.15, 0.2) is 0 Å². The number of rotatable bonds is 5. The van der Waals surface area contributed by atoms with E-state index in [0.29, 0.717) is 11.4 Å². The van der Waals surface area contributed by atoms with E-state index in [-0.39, 0.29) is 25.5 Å². The lowest BCUT2D eigenvalue weighted by Crippen LogP contribution is -2.43. The Balaban J connectivity index is 1.61. The Labute approximate surface area is 157 Å². The van der Waals surface area contributed by atoms with E-state index in [9.17, 15) is 14.7 Å². The minimum absolute atomic E-state index is 0.0638.